The molecule has 13 nitrogen and oxygen atoms in total. The molecule has 1 unspecified atom stereocenters. The number of ether oxygens (including phenoxy) is 7. The molecule has 9 aliphatic rings. The van der Waals surface area contributed by atoms with Crippen LogP contribution in [0.2, 0.25) is 0 Å². The van der Waals surface area contributed by atoms with Crippen LogP contribution in [0.5, 0.6) is 0 Å². The quantitative estimate of drug-likeness (QED) is 0.164. The van der Waals surface area contributed by atoms with Gasteiger partial charge in [0, 0.05) is 74.2 Å². The lowest BCUT2D eigenvalue weighted by Gasteiger charge is -2.54. The molecule has 0 aromatic rings. The minimum atomic E-state index is -2.14. The minimum absolute atomic E-state index is 0.0523. The van der Waals surface area contributed by atoms with Gasteiger partial charge in [-0.1, -0.05) is 71.9 Å². The van der Waals surface area contributed by atoms with E-state index in [0.29, 0.717) is 74.2 Å². The van der Waals surface area contributed by atoms with Crippen molar-refractivity contribution in [2.45, 2.75) is 216 Å². The lowest BCUT2D eigenvalue weighted by atomic mass is 9.73. The van der Waals surface area contributed by atoms with Gasteiger partial charge in [0.25, 0.3) is 0 Å². The third-order valence-electron chi connectivity index (χ3n) is 17.1. The van der Waals surface area contributed by atoms with Crippen molar-refractivity contribution >= 4 is 5.97 Å². The van der Waals surface area contributed by atoms with Crippen LogP contribution in [0, 0.1) is 41.4 Å². The molecule has 21 atom stereocenters. The zero-order valence-corrected chi connectivity index (χ0v) is 38.1. The first-order valence-corrected chi connectivity index (χ1v) is 24.1. The number of carboxylic acid groups (broad SMARTS) is 1. The van der Waals surface area contributed by atoms with Crippen molar-refractivity contribution in [2.75, 3.05) is 6.54 Å². The van der Waals surface area contributed by atoms with Crippen LogP contribution in [0.25, 0.3) is 0 Å². The normalized spacial score (nSPS) is 52.9. The van der Waals surface area contributed by atoms with Crippen LogP contribution in [0.4, 0.5) is 0 Å². The van der Waals surface area contributed by atoms with E-state index in [-0.39, 0.29) is 42.3 Å². The van der Waals surface area contributed by atoms with Crippen molar-refractivity contribution in [2.24, 2.45) is 41.4 Å². The number of fused-ring (bicyclic) bond motifs is 5. The second-order valence-electron chi connectivity index (χ2n) is 22.0. The van der Waals surface area contributed by atoms with E-state index in [1.54, 1.807) is 6.92 Å². The molecular formula is C49H75NO12. The van der Waals surface area contributed by atoms with Crippen molar-refractivity contribution in [3.8, 4) is 0 Å². The number of allylic oxidation sites excluding steroid dienone is 1. The number of aliphatic hydroxyl groups excluding tert-OH is 2. The molecule has 8 heterocycles. The van der Waals surface area contributed by atoms with E-state index < -0.39 is 71.5 Å². The highest BCUT2D eigenvalue weighted by molar-refractivity contribution is 5.66. The van der Waals surface area contributed by atoms with Gasteiger partial charge in [-0.2, -0.15) is 0 Å². The van der Waals surface area contributed by atoms with Crippen LogP contribution in [0.15, 0.2) is 36.0 Å². The van der Waals surface area contributed by atoms with Crippen LogP contribution in [0.3, 0.4) is 0 Å². The summed E-state index contributed by atoms with van der Waals surface area (Å²) in [6, 6.07) is 0. The molecule has 348 valence electrons. The van der Waals surface area contributed by atoms with Gasteiger partial charge >= 0.3 is 5.97 Å². The van der Waals surface area contributed by atoms with Crippen LogP contribution < -0.4 is 5.32 Å². The number of aliphatic hydroxyl groups is 3. The Morgan fingerprint density at radius 2 is 1.69 bits per heavy atom. The Morgan fingerprint density at radius 3 is 2.45 bits per heavy atom. The third-order valence-corrected chi connectivity index (χ3v) is 17.1. The number of nitrogens with one attached hydrogen (secondary N) is 1. The van der Waals surface area contributed by atoms with Crippen molar-refractivity contribution in [1.29, 1.82) is 0 Å². The van der Waals surface area contributed by atoms with E-state index in [9.17, 15) is 20.1 Å². The van der Waals surface area contributed by atoms with Crippen molar-refractivity contribution in [3.63, 3.8) is 0 Å². The predicted molar refractivity (Wildman–Crippen MR) is 228 cm³/mol. The molecule has 2 bridgehead atoms. The van der Waals surface area contributed by atoms with E-state index in [2.05, 4.69) is 46.5 Å². The highest BCUT2D eigenvalue weighted by Gasteiger charge is 2.65. The van der Waals surface area contributed by atoms with Gasteiger partial charge in [-0.25, -0.2) is 0 Å². The molecule has 9 rings (SSSR count). The van der Waals surface area contributed by atoms with Gasteiger partial charge in [0.15, 0.2) is 23.1 Å². The van der Waals surface area contributed by atoms with Crippen molar-refractivity contribution < 1.29 is 58.4 Å². The van der Waals surface area contributed by atoms with Gasteiger partial charge in [-0.05, 0) is 75.3 Å². The molecular weight excluding hydrogens is 795 g/mol. The van der Waals surface area contributed by atoms with Gasteiger partial charge in [0.05, 0.1) is 48.8 Å². The van der Waals surface area contributed by atoms with E-state index in [4.69, 9.17) is 38.3 Å². The fourth-order valence-corrected chi connectivity index (χ4v) is 13.8. The molecule has 1 aliphatic carbocycles. The Hall–Kier alpha value is -1.75. The Morgan fingerprint density at radius 1 is 0.919 bits per heavy atom. The summed E-state index contributed by atoms with van der Waals surface area (Å²) < 4.78 is 47.6. The summed E-state index contributed by atoms with van der Waals surface area (Å²) in [5.74, 6) is -5.01. The number of hydrogen-bond acceptors (Lipinski definition) is 12. The topological polar surface area (TPSA) is 175 Å². The zero-order valence-electron chi connectivity index (χ0n) is 38.1. The van der Waals surface area contributed by atoms with Gasteiger partial charge < -0.3 is 58.9 Å². The number of aliphatic carboxylic acids is 1. The monoisotopic (exact) mass is 870 g/mol. The van der Waals surface area contributed by atoms with Gasteiger partial charge in [-0.15, -0.1) is 0 Å². The SMILES string of the molecule is C=C(C[C@]12C[C@@H](C)C[C@@H](O1)[C@@H]1C[C@]3(C[C@H]1O2)NC[C@H](C)C[C@@H]3C)[C@H]1O[C@@](O)([C@H](O)C2C[C@H]3O[C@@]4(CC[C@]5(CC(C)=C[C@@H](/C=C/CCC(=O)O)O5)O4)[C@H](C)C[C@H]3O2)[C@H](C)[C@H](O)[C@@H]1C. The van der Waals surface area contributed by atoms with Gasteiger partial charge in [-0.3, -0.25) is 4.79 Å². The van der Waals surface area contributed by atoms with Crippen LogP contribution in [-0.2, 0) is 38.0 Å². The molecule has 0 radical (unpaired) electrons. The Bertz CT molecular complexity index is 1770. The van der Waals surface area contributed by atoms with E-state index in [0.717, 1.165) is 37.8 Å². The molecule has 8 fully saturated rings. The van der Waals surface area contributed by atoms with Crippen LogP contribution in [-0.4, -0.2) is 117 Å². The Balaban J connectivity index is 0.864. The molecule has 5 N–H and O–H groups in total. The number of piperidine rings is 1. The molecule has 8 aliphatic heterocycles. The summed E-state index contributed by atoms with van der Waals surface area (Å²) in [5, 5.41) is 49.4. The number of carbonyl (C=O) groups is 1. The summed E-state index contributed by atoms with van der Waals surface area (Å²) >= 11 is 0. The smallest absolute Gasteiger partial charge is 0.303 e. The molecule has 0 aromatic carbocycles. The second-order valence-corrected chi connectivity index (χ2v) is 22.0. The summed E-state index contributed by atoms with van der Waals surface area (Å²) in [6.07, 6.45) is 9.39. The first kappa shape index (κ1) is 45.4. The highest BCUT2D eigenvalue weighted by atomic mass is 16.8. The lowest BCUT2D eigenvalue weighted by Crippen LogP contribution is -2.65. The standard InChI is InChI=1S/C49H75NO12/c1-26-16-34(11-9-10-12-41(51)52)57-46(20-26)13-14-48(62-46)31(6)18-37-38(60-48)19-39(56-37)44(54)49(55)33(8)42(53)32(7)43(61-49)29(4)22-47-21-27(2)17-36(58-47)35-23-45(24-40(35)59-47)30(5)15-28(3)25-50-45/h9,11,16,27-28,30-40,42-44,50,53-55H,4,10,12-15,17-25H2,1-3,5-8H3,(H,51,52)/b11-9+/t27-,28+,30-,31+,32-,33+,34+,35-,36+,37+,38+,39?,40+,42+,43+,44+,45+,46+,47+,48+,49+/m0/s1. The van der Waals surface area contributed by atoms with E-state index in [1.165, 1.54) is 6.42 Å². The van der Waals surface area contributed by atoms with Crippen molar-refractivity contribution in [3.05, 3.63) is 36.0 Å². The summed E-state index contributed by atoms with van der Waals surface area (Å²) in [4.78, 5) is 11.0. The largest absolute Gasteiger partial charge is 0.481 e. The average molecular weight is 870 g/mol. The maximum absolute atomic E-state index is 12.5. The Labute approximate surface area is 368 Å². The Kier molecular flexibility index (Phi) is 12.1. The fraction of sp³-hybridized carbons (Fsp3) is 0.857. The molecule has 3 spiro atoms. The summed E-state index contributed by atoms with van der Waals surface area (Å²) in [7, 11) is 0. The lowest BCUT2D eigenvalue weighted by molar-refractivity contribution is -0.368. The first-order chi connectivity index (χ1) is 29.3. The van der Waals surface area contributed by atoms with Crippen LogP contribution >= 0.6 is 0 Å². The van der Waals surface area contributed by atoms with Crippen LogP contribution in [0.1, 0.15) is 132 Å². The predicted octanol–water partition coefficient (Wildman–Crippen LogP) is 6.28. The molecule has 0 aromatic heterocycles. The molecule has 1 saturated carbocycles. The zero-order chi connectivity index (χ0) is 44.1. The molecule has 62 heavy (non-hydrogen) atoms. The minimum Gasteiger partial charge on any atom is -0.481 e. The van der Waals surface area contributed by atoms with E-state index in [1.807, 2.05) is 25.2 Å². The molecule has 7 saturated heterocycles. The molecule has 0 amide bonds. The second kappa shape index (κ2) is 16.5. The first-order valence-electron chi connectivity index (χ1n) is 24.1. The number of hydrogen-bond donors (Lipinski definition) is 5. The summed E-state index contributed by atoms with van der Waals surface area (Å²) in [5.41, 5.74) is 1.86. The maximum atomic E-state index is 12.5. The number of rotatable bonds is 9. The van der Waals surface area contributed by atoms with Crippen molar-refractivity contribution in [1.82, 2.24) is 5.32 Å². The highest BCUT2D eigenvalue weighted by Crippen LogP contribution is 2.57. The molecule has 13 heteroatoms. The van der Waals surface area contributed by atoms with E-state index >= 15 is 0 Å². The van der Waals surface area contributed by atoms with Gasteiger partial charge in [0.2, 0.25) is 0 Å². The summed E-state index contributed by atoms with van der Waals surface area (Å²) in [6.45, 7) is 20.3. The number of carboxylic acids is 1. The fourth-order valence-electron chi connectivity index (χ4n) is 13.8. The third kappa shape index (κ3) is 8.02. The van der Waals surface area contributed by atoms with Gasteiger partial charge in [0.1, 0.15) is 6.10 Å². The average Bonchev–Trinajstić information content (AvgIpc) is 3.89. The maximum Gasteiger partial charge on any atom is 0.303 e.